The van der Waals surface area contributed by atoms with E-state index in [1.807, 2.05) is 36.1 Å². The highest BCUT2D eigenvalue weighted by atomic mass is 35.5. The summed E-state index contributed by atoms with van der Waals surface area (Å²) >= 11 is 0. The lowest BCUT2D eigenvalue weighted by Crippen LogP contribution is -2.49. The number of piperidine rings is 2. The maximum Gasteiger partial charge on any atom is 0.253 e. The molecule has 1 unspecified atom stereocenters. The highest BCUT2D eigenvalue weighted by molar-refractivity contribution is 5.94. The molecule has 1 atom stereocenters. The highest BCUT2D eigenvalue weighted by Gasteiger charge is 2.27. The minimum absolute atomic E-state index is 0. The average molecular weight is 366 g/mol. The Morgan fingerprint density at radius 1 is 1.12 bits per heavy atom. The smallest absolute Gasteiger partial charge is 0.253 e. The zero-order chi connectivity index (χ0) is 16.9. The third-order valence-electron chi connectivity index (χ3n) is 5.09. The van der Waals surface area contributed by atoms with Gasteiger partial charge < -0.3 is 15.5 Å². The van der Waals surface area contributed by atoms with E-state index in [2.05, 4.69) is 10.6 Å². The van der Waals surface area contributed by atoms with Crippen LogP contribution in [0.25, 0.3) is 0 Å². The van der Waals surface area contributed by atoms with Crippen molar-refractivity contribution in [2.24, 2.45) is 5.92 Å². The maximum atomic E-state index is 12.5. The van der Waals surface area contributed by atoms with Gasteiger partial charge in [0, 0.05) is 31.2 Å². The van der Waals surface area contributed by atoms with Crippen molar-refractivity contribution in [2.75, 3.05) is 26.2 Å². The summed E-state index contributed by atoms with van der Waals surface area (Å²) in [6.45, 7) is 5.24. The van der Waals surface area contributed by atoms with E-state index in [0.717, 1.165) is 49.9 Å². The van der Waals surface area contributed by atoms with Gasteiger partial charge in [-0.25, -0.2) is 0 Å². The van der Waals surface area contributed by atoms with Crippen LogP contribution in [-0.4, -0.2) is 48.9 Å². The van der Waals surface area contributed by atoms with E-state index in [4.69, 9.17) is 0 Å². The van der Waals surface area contributed by atoms with Crippen molar-refractivity contribution in [1.82, 2.24) is 15.5 Å². The molecule has 3 rings (SSSR count). The third-order valence-corrected chi connectivity index (χ3v) is 5.09. The molecule has 2 heterocycles. The van der Waals surface area contributed by atoms with Crippen LogP contribution >= 0.6 is 12.4 Å². The lowest BCUT2D eigenvalue weighted by atomic mass is 9.97. The summed E-state index contributed by atoms with van der Waals surface area (Å²) in [5.41, 5.74) is 1.90. The molecule has 2 fully saturated rings. The van der Waals surface area contributed by atoms with Crippen LogP contribution in [0.5, 0.6) is 0 Å². The van der Waals surface area contributed by atoms with Gasteiger partial charge in [-0.2, -0.15) is 0 Å². The van der Waals surface area contributed by atoms with Crippen LogP contribution in [-0.2, 0) is 4.79 Å². The number of aryl methyl sites for hydroxylation is 1. The van der Waals surface area contributed by atoms with Crippen molar-refractivity contribution in [2.45, 2.75) is 38.6 Å². The van der Waals surface area contributed by atoms with Crippen LogP contribution in [0.1, 0.15) is 41.6 Å². The summed E-state index contributed by atoms with van der Waals surface area (Å²) in [7, 11) is 0. The summed E-state index contributed by atoms with van der Waals surface area (Å²) < 4.78 is 0. The van der Waals surface area contributed by atoms with E-state index < -0.39 is 0 Å². The molecule has 0 saturated carbocycles. The molecule has 2 aliphatic rings. The van der Waals surface area contributed by atoms with Gasteiger partial charge in [-0.15, -0.1) is 12.4 Å². The van der Waals surface area contributed by atoms with Crippen LogP contribution in [0, 0.1) is 12.8 Å². The number of halogens is 1. The van der Waals surface area contributed by atoms with Crippen LogP contribution in [0.2, 0.25) is 0 Å². The van der Waals surface area contributed by atoms with E-state index in [1.165, 1.54) is 0 Å². The van der Waals surface area contributed by atoms with Crippen LogP contribution in [0.4, 0.5) is 0 Å². The molecule has 2 saturated heterocycles. The Bertz CT molecular complexity index is 577. The van der Waals surface area contributed by atoms with Gasteiger partial charge in [-0.05, 0) is 51.3 Å². The molecule has 5 nitrogen and oxygen atoms in total. The Morgan fingerprint density at radius 2 is 1.80 bits per heavy atom. The predicted molar refractivity (Wildman–Crippen MR) is 101 cm³/mol. The third kappa shape index (κ3) is 5.19. The molecule has 25 heavy (non-hydrogen) atoms. The zero-order valence-electron chi connectivity index (χ0n) is 14.8. The fraction of sp³-hybridized carbons (Fsp3) is 0.579. The second kappa shape index (κ2) is 9.20. The number of rotatable bonds is 3. The molecule has 2 amide bonds. The molecule has 1 aromatic carbocycles. The highest BCUT2D eigenvalue weighted by Crippen LogP contribution is 2.16. The number of amides is 2. The summed E-state index contributed by atoms with van der Waals surface area (Å²) in [5, 5.41) is 6.46. The average Bonchev–Trinajstić information content (AvgIpc) is 2.63. The quantitative estimate of drug-likeness (QED) is 0.862. The number of hydrogen-bond donors (Lipinski definition) is 2. The van der Waals surface area contributed by atoms with Crippen LogP contribution in [0.15, 0.2) is 24.3 Å². The predicted octanol–water partition coefficient (Wildman–Crippen LogP) is 2.14. The molecule has 2 N–H and O–H groups in total. The minimum Gasteiger partial charge on any atom is -0.353 e. The van der Waals surface area contributed by atoms with Crippen molar-refractivity contribution in [3.63, 3.8) is 0 Å². The first kappa shape index (κ1) is 19.7. The molecule has 0 bridgehead atoms. The van der Waals surface area contributed by atoms with E-state index >= 15 is 0 Å². The monoisotopic (exact) mass is 365 g/mol. The standard InChI is InChI=1S/C19H27N3O2.ClH/c1-14-4-6-15(7-5-14)19(24)22-11-8-17(9-12-22)21-18(23)16-3-2-10-20-13-16;/h4-7,16-17,20H,2-3,8-13H2,1H3,(H,21,23);1H. The topological polar surface area (TPSA) is 61.4 Å². The molecule has 0 radical (unpaired) electrons. The first-order chi connectivity index (χ1) is 11.6. The normalized spacial score (nSPS) is 21.3. The summed E-state index contributed by atoms with van der Waals surface area (Å²) in [4.78, 5) is 26.7. The Hall–Kier alpha value is -1.59. The first-order valence-corrected chi connectivity index (χ1v) is 9.00. The fourth-order valence-corrected chi connectivity index (χ4v) is 3.50. The summed E-state index contributed by atoms with van der Waals surface area (Å²) in [6, 6.07) is 7.92. The van der Waals surface area contributed by atoms with Gasteiger partial charge in [-0.1, -0.05) is 17.7 Å². The van der Waals surface area contributed by atoms with Gasteiger partial charge in [0.2, 0.25) is 5.91 Å². The number of nitrogens with one attached hydrogen (secondary N) is 2. The van der Waals surface area contributed by atoms with Gasteiger partial charge in [-0.3, -0.25) is 9.59 Å². The Morgan fingerprint density at radius 3 is 2.40 bits per heavy atom. The SMILES string of the molecule is Cc1ccc(C(=O)N2CCC(NC(=O)C3CCCNC3)CC2)cc1.Cl. The van der Waals surface area contributed by atoms with E-state index in [9.17, 15) is 9.59 Å². The lowest BCUT2D eigenvalue weighted by Gasteiger charge is -2.33. The molecule has 138 valence electrons. The number of benzene rings is 1. The summed E-state index contributed by atoms with van der Waals surface area (Å²) in [5.74, 6) is 0.368. The molecule has 1 aromatic rings. The fourth-order valence-electron chi connectivity index (χ4n) is 3.50. The van der Waals surface area contributed by atoms with Crippen LogP contribution < -0.4 is 10.6 Å². The minimum atomic E-state index is 0. The van der Waals surface area contributed by atoms with Gasteiger partial charge in [0.15, 0.2) is 0 Å². The Labute approximate surface area is 155 Å². The first-order valence-electron chi connectivity index (χ1n) is 9.00. The molecular formula is C19H28ClN3O2. The molecule has 0 aromatic heterocycles. The van der Waals surface area contributed by atoms with Crippen molar-refractivity contribution >= 4 is 24.2 Å². The van der Waals surface area contributed by atoms with Gasteiger partial charge >= 0.3 is 0 Å². The van der Waals surface area contributed by atoms with E-state index in [-0.39, 0.29) is 36.2 Å². The molecule has 0 spiro atoms. The Kier molecular flexibility index (Phi) is 7.26. The molecule has 0 aliphatic carbocycles. The second-order valence-corrected chi connectivity index (χ2v) is 6.98. The number of likely N-dealkylation sites (tertiary alicyclic amines) is 1. The van der Waals surface area contributed by atoms with Crippen LogP contribution in [0.3, 0.4) is 0 Å². The Balaban J connectivity index is 0.00000225. The summed E-state index contributed by atoms with van der Waals surface area (Å²) in [6.07, 6.45) is 3.72. The second-order valence-electron chi connectivity index (χ2n) is 6.98. The van der Waals surface area contributed by atoms with E-state index in [1.54, 1.807) is 0 Å². The van der Waals surface area contributed by atoms with Gasteiger partial charge in [0.25, 0.3) is 5.91 Å². The largest absolute Gasteiger partial charge is 0.353 e. The van der Waals surface area contributed by atoms with Gasteiger partial charge in [0.05, 0.1) is 5.92 Å². The van der Waals surface area contributed by atoms with Crippen molar-refractivity contribution in [3.05, 3.63) is 35.4 Å². The van der Waals surface area contributed by atoms with E-state index in [0.29, 0.717) is 13.1 Å². The van der Waals surface area contributed by atoms with Crippen molar-refractivity contribution in [1.29, 1.82) is 0 Å². The maximum absolute atomic E-state index is 12.5. The molecule has 6 heteroatoms. The number of carbonyl (C=O) groups is 2. The molecule has 2 aliphatic heterocycles. The van der Waals surface area contributed by atoms with Crippen molar-refractivity contribution in [3.8, 4) is 0 Å². The molecular weight excluding hydrogens is 338 g/mol. The van der Waals surface area contributed by atoms with Gasteiger partial charge in [0.1, 0.15) is 0 Å². The lowest BCUT2D eigenvalue weighted by molar-refractivity contribution is -0.126. The zero-order valence-corrected chi connectivity index (χ0v) is 15.6. The number of hydrogen-bond acceptors (Lipinski definition) is 3. The van der Waals surface area contributed by atoms with Crippen molar-refractivity contribution < 1.29 is 9.59 Å². The number of carbonyl (C=O) groups excluding carboxylic acids is 2. The number of nitrogens with zero attached hydrogens (tertiary/aromatic N) is 1.